The third kappa shape index (κ3) is 15.0. The molecule has 15 rings (SSSR count). The molecule has 37 heteroatoms. The van der Waals surface area contributed by atoms with Crippen LogP contribution in [0.15, 0.2) is 39.5 Å². The molecule has 12 atom stereocenters. The van der Waals surface area contributed by atoms with E-state index < -0.39 is 143 Å². The van der Waals surface area contributed by atoms with E-state index in [0.29, 0.717) is 48.7 Å². The van der Waals surface area contributed by atoms with Gasteiger partial charge in [-0.2, -0.15) is 66.8 Å². The van der Waals surface area contributed by atoms with E-state index in [1.165, 1.54) is 29.2 Å². The van der Waals surface area contributed by atoms with Gasteiger partial charge in [0.05, 0.1) is 75.9 Å². The van der Waals surface area contributed by atoms with Gasteiger partial charge in [-0.3, -0.25) is 24.5 Å². The Morgan fingerprint density at radius 1 is 0.757 bits per heavy atom. The Hall–Kier alpha value is -9.98. The zero-order valence-electron chi connectivity index (χ0n) is 61.1. The lowest BCUT2D eigenvalue weighted by Crippen LogP contribution is -2.56. The van der Waals surface area contributed by atoms with E-state index in [1.807, 2.05) is 18.7 Å². The van der Waals surface area contributed by atoms with Gasteiger partial charge in [-0.25, -0.2) is 27.5 Å². The van der Waals surface area contributed by atoms with Crippen molar-refractivity contribution in [3.05, 3.63) is 98.9 Å². The molecule has 13 heterocycles. The van der Waals surface area contributed by atoms with Gasteiger partial charge in [0.1, 0.15) is 78.1 Å². The maximum atomic E-state index is 17.6. The van der Waals surface area contributed by atoms with Crippen LogP contribution in [-0.2, 0) is 36.4 Å². The predicted molar refractivity (Wildman–Crippen MR) is 379 cm³/mol. The molecule has 0 bridgehead atoms. The Morgan fingerprint density at radius 3 is 2.17 bits per heavy atom. The minimum Gasteiger partial charge on any atom is -0.461 e. The molecule has 2 aliphatic carbocycles. The normalized spacial score (nSPS) is 26.8. The highest BCUT2D eigenvalue weighted by Gasteiger charge is 2.57. The quantitative estimate of drug-likeness (QED) is 0.0445. The summed E-state index contributed by atoms with van der Waals surface area (Å²) >= 11 is 0. The fourth-order valence-corrected chi connectivity index (χ4v) is 17.8. The molecule has 1 saturated carbocycles. The first-order valence-electron chi connectivity index (χ1n) is 37.2. The maximum absolute atomic E-state index is 17.6. The number of nitrogen functional groups attached to an aromatic ring is 2. The molecule has 0 aromatic carbocycles. The van der Waals surface area contributed by atoms with Gasteiger partial charge < -0.3 is 49.8 Å². The number of aromatic nitrogens is 11. The molecular formula is C74H81F10N21O6. The second kappa shape index (κ2) is 29.9. The molecule has 8 aliphatic rings. The summed E-state index contributed by atoms with van der Waals surface area (Å²) in [5.41, 5.74) is 5.81. The summed E-state index contributed by atoms with van der Waals surface area (Å²) in [5, 5.41) is 39.5. The molecule has 588 valence electrons. The van der Waals surface area contributed by atoms with E-state index in [-0.39, 0.29) is 173 Å². The number of nitrogens with two attached hydrogens (primary N) is 2. The van der Waals surface area contributed by atoms with Crippen LogP contribution in [0.1, 0.15) is 159 Å². The Bertz CT molecular complexity index is 4860. The molecule has 6 saturated heterocycles. The van der Waals surface area contributed by atoms with Gasteiger partial charge in [-0.05, 0) is 107 Å². The van der Waals surface area contributed by atoms with Crippen molar-refractivity contribution in [1.29, 1.82) is 10.5 Å². The summed E-state index contributed by atoms with van der Waals surface area (Å²) in [5.74, 6) is -3.48. The Morgan fingerprint density at radius 2 is 1.43 bits per heavy atom. The number of pyridine rings is 3. The minimum atomic E-state index is -5.08. The number of nitriles is 2. The lowest BCUT2D eigenvalue weighted by molar-refractivity contribution is -0.140. The zero-order valence-corrected chi connectivity index (χ0v) is 61.1. The summed E-state index contributed by atoms with van der Waals surface area (Å²) in [6.07, 6.45) is -7.12. The summed E-state index contributed by atoms with van der Waals surface area (Å²) in [7, 11) is 0. The van der Waals surface area contributed by atoms with Crippen molar-refractivity contribution < 1.29 is 72.3 Å². The minimum absolute atomic E-state index is 0.00981. The van der Waals surface area contributed by atoms with Crippen LogP contribution >= 0.6 is 0 Å². The fourth-order valence-electron chi connectivity index (χ4n) is 17.8. The largest absolute Gasteiger partial charge is 0.461 e. The van der Waals surface area contributed by atoms with Crippen molar-refractivity contribution in [2.24, 2.45) is 5.92 Å². The second-order valence-corrected chi connectivity index (χ2v) is 30.8. The average Bonchev–Trinajstić information content (AvgIpc) is 1.65. The van der Waals surface area contributed by atoms with Crippen LogP contribution in [0.2, 0.25) is 0 Å². The fraction of sp³-hybridized carbons (Fsp3) is 0.568. The van der Waals surface area contributed by atoms with Gasteiger partial charge in [0, 0.05) is 113 Å². The van der Waals surface area contributed by atoms with E-state index in [2.05, 4.69) is 57.3 Å². The highest BCUT2D eigenvalue weighted by molar-refractivity contribution is 5.93. The monoisotopic (exact) mass is 1550 g/mol. The number of anilines is 4. The molecule has 5 N–H and O–H groups in total. The lowest BCUT2D eigenvalue weighted by Gasteiger charge is -2.43. The number of ether oxygens (including phenoxy) is 2. The number of carbonyl (C=O) groups excluding carboxylic acids is 1. The van der Waals surface area contributed by atoms with Crippen LogP contribution in [0.4, 0.5) is 67.2 Å². The van der Waals surface area contributed by atoms with Gasteiger partial charge in [0.25, 0.3) is 5.89 Å². The molecule has 2 unspecified atom stereocenters. The highest BCUT2D eigenvalue weighted by atomic mass is 19.4. The highest BCUT2D eigenvalue weighted by Crippen LogP contribution is 2.51. The van der Waals surface area contributed by atoms with Gasteiger partial charge >= 0.3 is 24.4 Å². The first kappa shape index (κ1) is 76.4. The predicted octanol–water partition coefficient (Wildman–Crippen LogP) is 9.76. The van der Waals surface area contributed by atoms with E-state index in [4.69, 9.17) is 44.9 Å². The number of hydrogen-bond acceptors (Lipinski definition) is 26. The number of aryl methyl sites for hydroxylation is 1. The standard InChI is InChI=1S/C74H81F10N21O6/c1-37(2)65-93-54(110-98-65)7-9-56(106)104-22-20-101(34-43(104)12-16-86)68-47-31-89-64(63-58(73(79,80)81)39(4)24-52(87)92-63)60(78)62(47)95-70(97-68)109-36-72-14-6-18-105(72)51(49(77)30-72)25-40-26-53(88)91-61(59(40)74(82,83)84)44-28-50-46(23-38(44)3)67(96-69(90-50)108-35-71-13-5-17-102(71)32-41(75)29-71)100-19-21-103(42(33-100)11-15-85)57(107)10-8-55-94-66(99-111-55)45-27-48(45)76/h7-10,24,26,31,37-38,41-45,48-49,51,57,107H,5-6,11-14,17-23,25,27-30,32-36H2,1-4H3,(H2,87,92)(H2,88,91)/b9-7+,10-8+/t38-,41-,42+,43+,44-,45+,48+,49-,51?,57?,71+,72+/m1/s1. The molecule has 27 nitrogen and oxygen atoms in total. The first-order chi connectivity index (χ1) is 53.0. The van der Waals surface area contributed by atoms with Crippen LogP contribution in [0.25, 0.3) is 34.4 Å². The molecule has 7 aromatic rings. The molecule has 7 aromatic heterocycles. The number of aliphatic hydroxyl groups is 1. The lowest BCUT2D eigenvalue weighted by atomic mass is 9.75. The number of alkyl halides is 9. The molecule has 0 radical (unpaired) electrons. The Kier molecular flexibility index (Phi) is 20.6. The number of hydrogen-bond donors (Lipinski definition) is 3. The van der Waals surface area contributed by atoms with Gasteiger partial charge in [0.15, 0.2) is 17.5 Å². The molecule has 111 heavy (non-hydrogen) atoms. The van der Waals surface area contributed by atoms with Crippen molar-refractivity contribution in [3.63, 3.8) is 0 Å². The number of fused-ring (bicyclic) bond motifs is 4. The number of aliphatic hydroxyl groups excluding tert-OH is 1. The summed E-state index contributed by atoms with van der Waals surface area (Å²) in [4.78, 5) is 64.6. The third-order valence-electron chi connectivity index (χ3n) is 23.2. The smallest absolute Gasteiger partial charge is 0.418 e. The van der Waals surface area contributed by atoms with E-state index in [0.717, 1.165) is 31.7 Å². The molecular weight excluding hydrogens is 1470 g/mol. The van der Waals surface area contributed by atoms with Gasteiger partial charge in [-0.15, -0.1) is 0 Å². The number of amides is 1. The molecule has 7 fully saturated rings. The van der Waals surface area contributed by atoms with E-state index in [1.54, 1.807) is 21.6 Å². The van der Waals surface area contributed by atoms with Crippen LogP contribution in [0, 0.1) is 41.3 Å². The van der Waals surface area contributed by atoms with E-state index >= 15 is 26.3 Å². The van der Waals surface area contributed by atoms with Crippen LogP contribution in [-0.4, -0.2) is 212 Å². The summed E-state index contributed by atoms with van der Waals surface area (Å²) in [6, 6.07) is 3.18. The van der Waals surface area contributed by atoms with Crippen molar-refractivity contribution in [1.82, 2.24) is 74.8 Å². The number of carbonyl (C=O) groups is 1. The van der Waals surface area contributed by atoms with E-state index in [9.17, 15) is 38.0 Å². The Balaban J connectivity index is 0.718. The van der Waals surface area contributed by atoms with Crippen molar-refractivity contribution in [3.8, 4) is 35.5 Å². The number of rotatable bonds is 21. The van der Waals surface area contributed by atoms with Crippen molar-refractivity contribution in [2.45, 2.75) is 189 Å². The number of piperazine rings is 2. The van der Waals surface area contributed by atoms with Crippen LogP contribution in [0.3, 0.4) is 0 Å². The number of halogens is 10. The first-order valence-corrected chi connectivity index (χ1v) is 37.2. The Labute approximate surface area is 630 Å². The maximum Gasteiger partial charge on any atom is 0.418 e. The molecule has 6 aliphatic heterocycles. The van der Waals surface area contributed by atoms with Crippen molar-refractivity contribution >= 4 is 52.2 Å². The average molecular weight is 1550 g/mol. The SMILES string of the molecule is Cc1cc(N)nc(-c2ncc3c(N4CCN(C(=O)/C=C/c5nc(C(C)C)no5)[C@@H](CC#N)C4)nc(OC[C@@]45CCCN4C(Cc4cc(N)nc([C@@H]6Cc7nc(OC[C@@]89CCCN8C[C@H](F)C9)nc(N8CCN(C(O)/C=C/c9nc([C@H]%10C[C@@H]%10F)no9)[C@@H](CC#N)C8)c7C[C@H]6C)c4C(F)(F)F)[C@H](F)C5)nc3c2F)c1C(F)(F)F. The summed E-state index contributed by atoms with van der Waals surface area (Å²) in [6.45, 7) is 7.83. The topological polar surface area (TPSA) is 343 Å². The van der Waals surface area contributed by atoms with Crippen molar-refractivity contribution in [2.75, 3.05) is 93.4 Å². The second-order valence-electron chi connectivity index (χ2n) is 30.8. The number of nitrogens with zero attached hydrogens (tertiary/aromatic N) is 19. The van der Waals surface area contributed by atoms with Crippen LogP contribution in [0.5, 0.6) is 12.0 Å². The van der Waals surface area contributed by atoms with Gasteiger partial charge in [-0.1, -0.05) is 31.1 Å². The third-order valence-corrected chi connectivity index (χ3v) is 23.2. The summed E-state index contributed by atoms with van der Waals surface area (Å²) < 4.78 is 181. The van der Waals surface area contributed by atoms with Gasteiger partial charge in [0.2, 0.25) is 11.8 Å². The molecule has 0 spiro atoms. The zero-order chi connectivity index (χ0) is 78.3. The molecule has 1 amide bonds. The van der Waals surface area contributed by atoms with Crippen LogP contribution < -0.4 is 30.7 Å².